The van der Waals surface area contributed by atoms with E-state index < -0.39 is 0 Å². The van der Waals surface area contributed by atoms with Crippen LogP contribution in [0.25, 0.3) is 11.2 Å². The lowest BCUT2D eigenvalue weighted by atomic mass is 10.1. The van der Waals surface area contributed by atoms with Gasteiger partial charge in [0, 0.05) is 12.6 Å². The fourth-order valence-electron chi connectivity index (χ4n) is 2.80. The van der Waals surface area contributed by atoms with E-state index in [4.69, 9.17) is 11.6 Å². The van der Waals surface area contributed by atoms with Gasteiger partial charge in [0.05, 0.1) is 11.6 Å². The molecule has 0 saturated carbocycles. The number of imidazole rings is 1. The van der Waals surface area contributed by atoms with Crippen LogP contribution in [0.1, 0.15) is 51.7 Å². The van der Waals surface area contributed by atoms with Crippen molar-refractivity contribution in [1.29, 1.82) is 0 Å². The molecule has 2 rings (SSSR count). The van der Waals surface area contributed by atoms with Gasteiger partial charge in [0.2, 0.25) is 0 Å². The summed E-state index contributed by atoms with van der Waals surface area (Å²) in [6.45, 7) is 11.7. The highest BCUT2D eigenvalue weighted by molar-refractivity contribution is 6.16. The smallest absolute Gasteiger partial charge is 0.159 e. The average Bonchev–Trinajstić information content (AvgIpc) is 2.86. The minimum Gasteiger partial charge on any atom is -0.309 e. The fourth-order valence-corrected chi connectivity index (χ4v) is 2.99. The number of hydrogen-bond acceptors (Lipinski definition) is 2. The van der Waals surface area contributed by atoms with Crippen molar-refractivity contribution in [3.05, 3.63) is 11.5 Å². The molecule has 1 atom stereocenters. The van der Waals surface area contributed by atoms with Gasteiger partial charge in [-0.05, 0) is 33.1 Å². The molecule has 2 aromatic rings. The minimum atomic E-state index is 0.389. The third-order valence-corrected chi connectivity index (χ3v) is 3.73. The molecule has 5 heteroatoms. The summed E-state index contributed by atoms with van der Waals surface area (Å²) in [5.41, 5.74) is 3.09. The van der Waals surface area contributed by atoms with Crippen molar-refractivity contribution in [2.24, 2.45) is 5.92 Å². The normalized spacial score (nSPS) is 13.6. The molecule has 0 bridgehead atoms. The Bertz CT molecular complexity index is 568. The predicted octanol–water partition coefficient (Wildman–Crippen LogP) is 3.91. The Morgan fingerprint density at radius 2 is 1.95 bits per heavy atom. The van der Waals surface area contributed by atoms with Gasteiger partial charge < -0.3 is 4.57 Å². The van der Waals surface area contributed by atoms with Crippen LogP contribution >= 0.6 is 11.6 Å². The first kappa shape index (κ1) is 14.4. The maximum Gasteiger partial charge on any atom is 0.159 e. The van der Waals surface area contributed by atoms with Crippen LogP contribution in [0.3, 0.4) is 0 Å². The van der Waals surface area contributed by atoms with Gasteiger partial charge in [-0.25, -0.2) is 9.67 Å². The van der Waals surface area contributed by atoms with Gasteiger partial charge in [-0.3, -0.25) is 0 Å². The minimum absolute atomic E-state index is 0.389. The molecule has 0 amide bonds. The Hall–Kier alpha value is -1.03. The SMILES string of the molecule is CCn1nc(C)c2nc(CCl)n(C(C)CC(C)C)c21. The Kier molecular flexibility index (Phi) is 4.19. The van der Waals surface area contributed by atoms with Crippen molar-refractivity contribution in [2.75, 3.05) is 0 Å². The lowest BCUT2D eigenvalue weighted by Crippen LogP contribution is -2.14. The molecule has 0 spiro atoms. The summed E-state index contributed by atoms with van der Waals surface area (Å²) < 4.78 is 4.30. The van der Waals surface area contributed by atoms with E-state index in [1.807, 2.05) is 11.6 Å². The highest BCUT2D eigenvalue weighted by Crippen LogP contribution is 2.27. The predicted molar refractivity (Wildman–Crippen MR) is 79.7 cm³/mol. The summed E-state index contributed by atoms with van der Waals surface area (Å²) >= 11 is 6.08. The van der Waals surface area contributed by atoms with E-state index >= 15 is 0 Å². The van der Waals surface area contributed by atoms with Crippen LogP contribution in [0, 0.1) is 12.8 Å². The molecule has 0 aliphatic rings. The Balaban J connectivity index is 2.61. The Labute approximate surface area is 119 Å². The molecule has 0 aromatic carbocycles. The number of hydrogen-bond donors (Lipinski definition) is 0. The molecular weight excluding hydrogens is 260 g/mol. The zero-order chi connectivity index (χ0) is 14.2. The first-order chi connectivity index (χ1) is 8.99. The molecule has 0 saturated heterocycles. The molecule has 4 nitrogen and oxygen atoms in total. The van der Waals surface area contributed by atoms with E-state index in [0.29, 0.717) is 17.8 Å². The van der Waals surface area contributed by atoms with Crippen molar-refractivity contribution in [3.63, 3.8) is 0 Å². The van der Waals surface area contributed by atoms with Crippen molar-refractivity contribution >= 4 is 22.8 Å². The molecular formula is C14H23ClN4. The summed E-state index contributed by atoms with van der Waals surface area (Å²) in [7, 11) is 0. The third-order valence-electron chi connectivity index (χ3n) is 3.49. The van der Waals surface area contributed by atoms with Crippen LogP contribution in [-0.2, 0) is 12.4 Å². The van der Waals surface area contributed by atoms with Crippen molar-refractivity contribution in [2.45, 2.75) is 59.5 Å². The zero-order valence-electron chi connectivity index (χ0n) is 12.4. The number of halogens is 1. The van der Waals surface area contributed by atoms with Crippen molar-refractivity contribution < 1.29 is 0 Å². The second kappa shape index (κ2) is 5.53. The van der Waals surface area contributed by atoms with Crippen LogP contribution in [0.4, 0.5) is 0 Å². The molecule has 19 heavy (non-hydrogen) atoms. The van der Waals surface area contributed by atoms with Crippen LogP contribution in [0.15, 0.2) is 0 Å². The first-order valence-corrected chi connectivity index (χ1v) is 7.53. The van der Waals surface area contributed by atoms with Crippen LogP contribution < -0.4 is 0 Å². The Morgan fingerprint density at radius 3 is 2.47 bits per heavy atom. The average molecular weight is 283 g/mol. The number of aromatic nitrogens is 4. The topological polar surface area (TPSA) is 35.6 Å². The number of fused-ring (bicyclic) bond motifs is 1. The molecule has 0 aliphatic heterocycles. The van der Waals surface area contributed by atoms with Gasteiger partial charge in [0.15, 0.2) is 5.65 Å². The molecule has 106 valence electrons. The van der Waals surface area contributed by atoms with E-state index in [0.717, 1.165) is 35.6 Å². The van der Waals surface area contributed by atoms with E-state index in [2.05, 4.69) is 42.3 Å². The highest BCUT2D eigenvalue weighted by atomic mass is 35.5. The second-order valence-corrected chi connectivity index (χ2v) is 5.85. The quantitative estimate of drug-likeness (QED) is 0.780. The van der Waals surface area contributed by atoms with Gasteiger partial charge in [-0.2, -0.15) is 5.10 Å². The number of rotatable bonds is 5. The highest BCUT2D eigenvalue weighted by Gasteiger charge is 2.21. The lowest BCUT2D eigenvalue weighted by Gasteiger charge is -2.19. The second-order valence-electron chi connectivity index (χ2n) is 5.58. The number of alkyl halides is 1. The Morgan fingerprint density at radius 1 is 1.26 bits per heavy atom. The molecule has 0 N–H and O–H groups in total. The molecule has 1 unspecified atom stereocenters. The zero-order valence-corrected chi connectivity index (χ0v) is 13.2. The molecule has 2 heterocycles. The standard InChI is InChI=1S/C14H23ClN4/c1-6-18-14-13(11(5)17-18)16-12(8-15)19(14)10(4)7-9(2)3/h9-10H,6-8H2,1-5H3. The first-order valence-electron chi connectivity index (χ1n) is 6.99. The third kappa shape index (κ3) is 2.50. The lowest BCUT2D eigenvalue weighted by molar-refractivity contribution is 0.422. The fraction of sp³-hybridized carbons (Fsp3) is 0.714. The van der Waals surface area contributed by atoms with Gasteiger partial charge in [-0.1, -0.05) is 13.8 Å². The van der Waals surface area contributed by atoms with Crippen molar-refractivity contribution in [1.82, 2.24) is 19.3 Å². The summed E-state index contributed by atoms with van der Waals surface area (Å²) in [6, 6.07) is 0.389. The summed E-state index contributed by atoms with van der Waals surface area (Å²) in [5.74, 6) is 2.04. The van der Waals surface area contributed by atoms with E-state index in [1.54, 1.807) is 0 Å². The van der Waals surface area contributed by atoms with Gasteiger partial charge in [0.1, 0.15) is 11.3 Å². The number of nitrogens with zero attached hydrogens (tertiary/aromatic N) is 4. The molecule has 0 fully saturated rings. The van der Waals surface area contributed by atoms with Crippen molar-refractivity contribution in [3.8, 4) is 0 Å². The van der Waals surface area contributed by atoms with Gasteiger partial charge in [-0.15, -0.1) is 11.6 Å². The number of aryl methyl sites for hydroxylation is 2. The van der Waals surface area contributed by atoms with Crippen LogP contribution in [0.5, 0.6) is 0 Å². The monoisotopic (exact) mass is 282 g/mol. The largest absolute Gasteiger partial charge is 0.309 e. The van der Waals surface area contributed by atoms with E-state index in [9.17, 15) is 0 Å². The maximum absolute atomic E-state index is 6.08. The van der Waals surface area contributed by atoms with Gasteiger partial charge >= 0.3 is 0 Å². The van der Waals surface area contributed by atoms with Gasteiger partial charge in [0.25, 0.3) is 0 Å². The van der Waals surface area contributed by atoms with Crippen LogP contribution in [0.2, 0.25) is 0 Å². The maximum atomic E-state index is 6.08. The summed E-state index contributed by atoms with van der Waals surface area (Å²) in [4.78, 5) is 4.68. The van der Waals surface area contributed by atoms with Crippen LogP contribution in [-0.4, -0.2) is 19.3 Å². The summed E-state index contributed by atoms with van der Waals surface area (Å²) in [6.07, 6.45) is 1.11. The molecule has 0 radical (unpaired) electrons. The van der Waals surface area contributed by atoms with E-state index in [-0.39, 0.29) is 0 Å². The van der Waals surface area contributed by atoms with E-state index in [1.165, 1.54) is 0 Å². The molecule has 0 aliphatic carbocycles. The molecule has 2 aromatic heterocycles. The summed E-state index contributed by atoms with van der Waals surface area (Å²) in [5, 5.41) is 4.56.